The van der Waals surface area contributed by atoms with Gasteiger partial charge in [0.2, 0.25) is 0 Å². The molecule has 4 atom stereocenters. The third-order valence-corrected chi connectivity index (χ3v) is 7.55. The molecule has 0 fully saturated rings. The lowest BCUT2D eigenvalue weighted by atomic mass is 10.1. The van der Waals surface area contributed by atoms with Gasteiger partial charge in [0.1, 0.15) is 6.73 Å². The highest BCUT2D eigenvalue weighted by Crippen LogP contribution is 2.44. The Morgan fingerprint density at radius 1 is 0.692 bits per heavy atom. The van der Waals surface area contributed by atoms with Gasteiger partial charge in [0, 0.05) is 25.0 Å². The van der Waals surface area contributed by atoms with Crippen LogP contribution in [-0.4, -0.2) is 62.2 Å². The van der Waals surface area contributed by atoms with Crippen molar-refractivity contribution in [3.63, 3.8) is 0 Å². The fourth-order valence-corrected chi connectivity index (χ4v) is 5.00. The molecule has 39 heavy (non-hydrogen) atoms. The summed E-state index contributed by atoms with van der Waals surface area (Å²) in [5.41, 5.74) is -3.58. The number of aliphatic hydroxyl groups excluding tert-OH is 2. The molecule has 0 aliphatic carbocycles. The molecule has 3 aromatic rings. The van der Waals surface area contributed by atoms with Crippen LogP contribution in [0, 0.1) is 11.8 Å². The quantitative estimate of drug-likeness (QED) is 0.161. The van der Waals surface area contributed by atoms with E-state index >= 15 is 0 Å². The average molecular weight is 594 g/mol. The monoisotopic (exact) mass is 594 g/mol. The molecule has 0 spiro atoms. The Balaban J connectivity index is 1.82. The van der Waals surface area contributed by atoms with Crippen molar-refractivity contribution < 1.29 is 47.2 Å². The maximum atomic E-state index is 12.8. The second-order valence-electron chi connectivity index (χ2n) is 8.94. The van der Waals surface area contributed by atoms with Crippen molar-refractivity contribution in [2.24, 2.45) is 11.8 Å². The van der Waals surface area contributed by atoms with E-state index in [0.717, 1.165) is 12.1 Å². The number of hydrogen-bond donors (Lipinski definition) is 4. The first-order valence-corrected chi connectivity index (χ1v) is 14.6. The third kappa shape index (κ3) is 7.24. The van der Waals surface area contributed by atoms with Crippen molar-refractivity contribution in [2.45, 2.75) is 27.1 Å². The molecule has 18 heteroatoms. The van der Waals surface area contributed by atoms with Crippen molar-refractivity contribution in [2.75, 3.05) is 33.0 Å². The zero-order chi connectivity index (χ0) is 29.1. The van der Waals surface area contributed by atoms with Crippen LogP contribution in [-0.2, 0) is 40.5 Å². The van der Waals surface area contributed by atoms with Gasteiger partial charge in [-0.15, -0.1) is 0 Å². The molecule has 0 radical (unpaired) electrons. The number of phosphoric acid groups is 2. The van der Waals surface area contributed by atoms with Crippen LogP contribution in [0.1, 0.15) is 13.8 Å². The molecule has 1 aromatic carbocycles. The SMILES string of the molecule is CC(CO)COP(=O)(O)OCCn1c(=O)c2cc3c(=O)n(COP(=O)(O)OCC(C)CO)c(=O)c3cc2c1=O. The van der Waals surface area contributed by atoms with Gasteiger partial charge in [-0.3, -0.25) is 41.8 Å². The lowest BCUT2D eigenvalue weighted by Crippen LogP contribution is -2.27. The van der Waals surface area contributed by atoms with E-state index in [2.05, 4.69) is 0 Å². The average Bonchev–Trinajstić information content (AvgIpc) is 3.27. The number of aliphatic hydroxyl groups is 2. The minimum atomic E-state index is -4.68. The molecular weight excluding hydrogens is 566 g/mol. The summed E-state index contributed by atoms with van der Waals surface area (Å²) in [5, 5.41) is 17.0. The number of benzene rings is 1. The topological polar surface area (TPSA) is 230 Å². The molecule has 0 aliphatic rings. The minimum absolute atomic E-state index is 0.197. The molecule has 0 saturated carbocycles. The highest BCUT2D eigenvalue weighted by Gasteiger charge is 2.26. The van der Waals surface area contributed by atoms with Crippen molar-refractivity contribution in [1.82, 2.24) is 9.13 Å². The molecular formula is C21H28N2O14P2. The molecule has 2 aromatic heterocycles. The van der Waals surface area contributed by atoms with Crippen LogP contribution in [0.2, 0.25) is 0 Å². The number of fused-ring (bicyclic) bond motifs is 2. The van der Waals surface area contributed by atoms with Crippen LogP contribution < -0.4 is 22.2 Å². The molecule has 0 saturated heterocycles. The van der Waals surface area contributed by atoms with E-state index in [1.807, 2.05) is 0 Å². The first-order chi connectivity index (χ1) is 18.2. The summed E-state index contributed by atoms with van der Waals surface area (Å²) >= 11 is 0. The van der Waals surface area contributed by atoms with Crippen LogP contribution >= 0.6 is 15.6 Å². The van der Waals surface area contributed by atoms with E-state index in [0.29, 0.717) is 9.13 Å². The van der Waals surface area contributed by atoms with Gasteiger partial charge in [-0.05, 0) is 12.1 Å². The van der Waals surface area contributed by atoms with E-state index in [-0.39, 0.29) is 48.0 Å². The minimum Gasteiger partial charge on any atom is -0.396 e. The summed E-state index contributed by atoms with van der Waals surface area (Å²) in [6.07, 6.45) is 0. The lowest BCUT2D eigenvalue weighted by Gasteiger charge is -2.14. The maximum absolute atomic E-state index is 12.8. The van der Waals surface area contributed by atoms with E-state index in [1.165, 1.54) is 0 Å². The summed E-state index contributed by atoms with van der Waals surface area (Å²) in [4.78, 5) is 70.6. The first-order valence-electron chi connectivity index (χ1n) is 11.6. The Kier molecular flexibility index (Phi) is 9.94. The molecule has 0 aliphatic heterocycles. The summed E-state index contributed by atoms with van der Waals surface area (Å²) < 4.78 is 44.0. The predicted octanol–water partition coefficient (Wildman–Crippen LogP) is -0.606. The number of rotatable bonds is 15. The predicted molar refractivity (Wildman–Crippen MR) is 136 cm³/mol. The molecule has 16 nitrogen and oxygen atoms in total. The summed E-state index contributed by atoms with van der Waals surface area (Å²) in [6.45, 7) is -0.0272. The van der Waals surface area contributed by atoms with Gasteiger partial charge in [0.15, 0.2) is 0 Å². The van der Waals surface area contributed by atoms with Gasteiger partial charge in [0.05, 0.1) is 47.9 Å². The summed E-state index contributed by atoms with van der Waals surface area (Å²) in [7, 11) is -9.20. The van der Waals surface area contributed by atoms with E-state index < -0.39 is 69.6 Å². The van der Waals surface area contributed by atoms with Crippen LogP contribution in [0.4, 0.5) is 0 Å². The number of nitrogens with zero attached hydrogens (tertiary/aromatic N) is 2. The van der Waals surface area contributed by atoms with Crippen molar-refractivity contribution in [1.29, 1.82) is 0 Å². The first kappa shape index (κ1) is 31.2. The van der Waals surface area contributed by atoms with E-state index in [1.54, 1.807) is 13.8 Å². The third-order valence-electron chi connectivity index (χ3n) is 5.65. The maximum Gasteiger partial charge on any atom is 0.473 e. The Morgan fingerprint density at radius 2 is 1.08 bits per heavy atom. The molecule has 0 bridgehead atoms. The van der Waals surface area contributed by atoms with Crippen LogP contribution in [0.3, 0.4) is 0 Å². The van der Waals surface area contributed by atoms with Gasteiger partial charge in [0.25, 0.3) is 22.2 Å². The van der Waals surface area contributed by atoms with Gasteiger partial charge >= 0.3 is 15.6 Å². The Morgan fingerprint density at radius 3 is 1.49 bits per heavy atom. The fraction of sp³-hybridized carbons (Fsp3) is 0.524. The molecule has 216 valence electrons. The Labute approximate surface area is 219 Å². The molecule has 4 unspecified atom stereocenters. The van der Waals surface area contributed by atoms with Crippen LogP contribution in [0.25, 0.3) is 21.5 Å². The summed E-state index contributed by atoms with van der Waals surface area (Å²) in [5.74, 6) is -0.901. The highest BCUT2D eigenvalue weighted by atomic mass is 31.2. The standard InChI is InChI=1S/C21H28N2O14P2/c1-12(7-24)9-35-38(30,31)34-4-3-22-18(26)14-5-16-17(6-15(14)19(22)27)21(29)23(20(16)28)11-37-39(32,33)36-10-13(2)8-25/h5-6,12-13,24-25H,3-4,7-11H2,1-2H3,(H,30,31)(H,32,33). The van der Waals surface area contributed by atoms with Gasteiger partial charge in [-0.25, -0.2) is 13.7 Å². The Bertz CT molecular complexity index is 1560. The second-order valence-corrected chi connectivity index (χ2v) is 11.8. The number of aromatic nitrogens is 2. The normalized spacial score (nSPS) is 16.9. The van der Waals surface area contributed by atoms with Gasteiger partial charge in [-0.2, -0.15) is 0 Å². The zero-order valence-electron chi connectivity index (χ0n) is 20.9. The van der Waals surface area contributed by atoms with Crippen molar-refractivity contribution in [3.8, 4) is 0 Å². The van der Waals surface area contributed by atoms with Crippen molar-refractivity contribution in [3.05, 3.63) is 53.5 Å². The lowest BCUT2D eigenvalue weighted by molar-refractivity contribution is 0.0940. The zero-order valence-corrected chi connectivity index (χ0v) is 22.7. The van der Waals surface area contributed by atoms with Crippen molar-refractivity contribution >= 4 is 37.2 Å². The molecule has 3 rings (SSSR count). The Hall–Kier alpha value is -2.36. The van der Waals surface area contributed by atoms with E-state index in [9.17, 15) is 38.1 Å². The summed E-state index contributed by atoms with van der Waals surface area (Å²) in [6, 6.07) is 2.08. The number of hydrogen-bond acceptors (Lipinski definition) is 12. The highest BCUT2D eigenvalue weighted by molar-refractivity contribution is 7.47. The second kappa shape index (κ2) is 12.4. The van der Waals surface area contributed by atoms with Crippen LogP contribution in [0.5, 0.6) is 0 Å². The molecule has 0 amide bonds. The van der Waals surface area contributed by atoms with Gasteiger partial charge in [-0.1, -0.05) is 13.8 Å². The van der Waals surface area contributed by atoms with Crippen LogP contribution in [0.15, 0.2) is 31.3 Å². The largest absolute Gasteiger partial charge is 0.473 e. The fourth-order valence-electron chi connectivity index (χ4n) is 3.39. The molecule has 2 heterocycles. The van der Waals surface area contributed by atoms with E-state index in [4.69, 9.17) is 28.3 Å². The number of phosphoric ester groups is 2. The van der Waals surface area contributed by atoms with Gasteiger partial charge < -0.3 is 20.0 Å². The smallest absolute Gasteiger partial charge is 0.396 e. The molecule has 4 N–H and O–H groups in total.